The summed E-state index contributed by atoms with van der Waals surface area (Å²) in [7, 11) is 1.55. The van der Waals surface area contributed by atoms with Gasteiger partial charge in [0.25, 0.3) is 0 Å². The number of hydrogen-bond donors (Lipinski definition) is 1. The molecule has 0 aliphatic rings. The van der Waals surface area contributed by atoms with Crippen LogP contribution < -0.4 is 0 Å². The van der Waals surface area contributed by atoms with E-state index in [0.717, 1.165) is 22.5 Å². The highest BCUT2D eigenvalue weighted by Gasteiger charge is 2.16. The molecule has 3 aromatic heterocycles. The van der Waals surface area contributed by atoms with Gasteiger partial charge in [0.05, 0.1) is 0 Å². The first-order chi connectivity index (χ1) is 11.3. The molecule has 0 unspecified atom stereocenters. The Morgan fingerprint density at radius 1 is 1.00 bits per heavy atom. The number of nitrogens with one attached hydrogen (secondary N) is 1. The van der Waals surface area contributed by atoms with Gasteiger partial charge in [-0.1, -0.05) is 5.16 Å². The second kappa shape index (κ2) is 6.87. The van der Waals surface area contributed by atoms with Crippen molar-refractivity contribution in [3.63, 3.8) is 0 Å². The van der Waals surface area contributed by atoms with Crippen molar-refractivity contribution in [1.82, 2.24) is 15.0 Å². The van der Waals surface area contributed by atoms with Crippen molar-refractivity contribution in [2.24, 2.45) is 5.16 Å². The Kier molecular flexibility index (Phi) is 4.47. The molecule has 0 amide bonds. The molecule has 0 bridgehead atoms. The predicted octanol–water partition coefficient (Wildman–Crippen LogP) is 3.62. The van der Waals surface area contributed by atoms with Crippen LogP contribution in [0.25, 0.3) is 22.5 Å². The number of rotatable bonds is 5. The van der Waals surface area contributed by atoms with Crippen LogP contribution in [0.4, 0.5) is 0 Å². The van der Waals surface area contributed by atoms with E-state index in [1.165, 1.54) is 11.1 Å². The average molecular weight is 306 g/mol. The molecule has 0 saturated heterocycles. The summed E-state index contributed by atoms with van der Waals surface area (Å²) in [5.41, 5.74) is 6.79. The first kappa shape index (κ1) is 15.0. The SMILES string of the molecule is CON=CCc1c(-c2ccncc2)[nH]c(-c2ccncc2)c1C. The molecular formula is C18H18N4O. The summed E-state index contributed by atoms with van der Waals surface area (Å²) in [5, 5.41) is 3.86. The van der Waals surface area contributed by atoms with Crippen LogP contribution in [0.1, 0.15) is 11.1 Å². The van der Waals surface area contributed by atoms with E-state index < -0.39 is 0 Å². The molecule has 3 heterocycles. The van der Waals surface area contributed by atoms with E-state index >= 15 is 0 Å². The van der Waals surface area contributed by atoms with Crippen LogP contribution in [0.5, 0.6) is 0 Å². The minimum absolute atomic E-state index is 0.693. The van der Waals surface area contributed by atoms with Gasteiger partial charge in [-0.25, -0.2) is 0 Å². The molecule has 3 aromatic rings. The van der Waals surface area contributed by atoms with Gasteiger partial charge in [0.1, 0.15) is 7.11 Å². The first-order valence-corrected chi connectivity index (χ1v) is 7.38. The fourth-order valence-electron chi connectivity index (χ4n) is 2.66. The smallest absolute Gasteiger partial charge is 0.106 e. The molecule has 5 heteroatoms. The van der Waals surface area contributed by atoms with Crippen molar-refractivity contribution in [2.45, 2.75) is 13.3 Å². The summed E-state index contributed by atoms with van der Waals surface area (Å²) in [6.45, 7) is 2.12. The van der Waals surface area contributed by atoms with Gasteiger partial charge in [-0.2, -0.15) is 0 Å². The standard InChI is InChI=1S/C18H18N4O/c1-13-16(7-12-21-23-2)18(15-5-10-20-11-6-15)22-17(13)14-3-8-19-9-4-14/h3-6,8-12,22H,7H2,1-2H3. The Morgan fingerprint density at radius 2 is 1.57 bits per heavy atom. The summed E-state index contributed by atoms with van der Waals surface area (Å²) in [6.07, 6.45) is 9.66. The van der Waals surface area contributed by atoms with Crippen LogP contribution in [-0.2, 0) is 11.3 Å². The maximum absolute atomic E-state index is 4.78. The zero-order valence-electron chi connectivity index (χ0n) is 13.2. The molecule has 0 fully saturated rings. The Balaban J connectivity index is 2.12. The second-order valence-electron chi connectivity index (χ2n) is 5.13. The Morgan fingerprint density at radius 3 is 2.13 bits per heavy atom. The number of hydrogen-bond acceptors (Lipinski definition) is 4. The minimum Gasteiger partial charge on any atom is -0.399 e. The normalized spacial score (nSPS) is 11.0. The molecular weight excluding hydrogens is 288 g/mol. The maximum atomic E-state index is 4.78. The third-order valence-corrected chi connectivity index (χ3v) is 3.79. The van der Waals surface area contributed by atoms with E-state index in [4.69, 9.17) is 4.84 Å². The van der Waals surface area contributed by atoms with Crippen LogP contribution in [0.15, 0.2) is 54.2 Å². The van der Waals surface area contributed by atoms with E-state index in [-0.39, 0.29) is 0 Å². The quantitative estimate of drug-likeness (QED) is 0.578. The third-order valence-electron chi connectivity index (χ3n) is 3.79. The van der Waals surface area contributed by atoms with Gasteiger partial charge in [-0.15, -0.1) is 0 Å². The number of pyridine rings is 2. The lowest BCUT2D eigenvalue weighted by atomic mass is 10.0. The Hall–Kier alpha value is -2.95. The molecule has 116 valence electrons. The highest BCUT2D eigenvalue weighted by molar-refractivity contribution is 5.78. The van der Waals surface area contributed by atoms with Crippen LogP contribution in [-0.4, -0.2) is 28.3 Å². The Bertz CT molecular complexity index is 795. The first-order valence-electron chi connectivity index (χ1n) is 7.38. The van der Waals surface area contributed by atoms with Gasteiger partial charge in [-0.3, -0.25) is 9.97 Å². The zero-order valence-corrected chi connectivity index (χ0v) is 13.2. The van der Waals surface area contributed by atoms with Crippen molar-refractivity contribution in [3.05, 3.63) is 60.2 Å². The lowest BCUT2D eigenvalue weighted by molar-refractivity contribution is 0.215. The molecule has 1 N–H and O–H groups in total. The fourth-order valence-corrected chi connectivity index (χ4v) is 2.66. The third kappa shape index (κ3) is 3.13. The number of nitrogens with zero attached hydrogens (tertiary/aromatic N) is 3. The fraction of sp³-hybridized carbons (Fsp3) is 0.167. The molecule has 23 heavy (non-hydrogen) atoms. The van der Waals surface area contributed by atoms with Crippen LogP contribution in [0.3, 0.4) is 0 Å². The molecule has 3 rings (SSSR count). The molecule has 5 nitrogen and oxygen atoms in total. The molecule has 0 atom stereocenters. The van der Waals surface area contributed by atoms with E-state index in [1.54, 1.807) is 38.1 Å². The highest BCUT2D eigenvalue weighted by Crippen LogP contribution is 2.33. The van der Waals surface area contributed by atoms with Crippen molar-refractivity contribution in [3.8, 4) is 22.5 Å². The molecule has 0 spiro atoms. The topological polar surface area (TPSA) is 63.2 Å². The number of aromatic amines is 1. The zero-order chi connectivity index (χ0) is 16.1. The van der Waals surface area contributed by atoms with Crippen LogP contribution >= 0.6 is 0 Å². The molecule has 0 saturated carbocycles. The van der Waals surface area contributed by atoms with Crippen molar-refractivity contribution < 1.29 is 4.84 Å². The summed E-state index contributed by atoms with van der Waals surface area (Å²) in [5.74, 6) is 0. The van der Waals surface area contributed by atoms with E-state index in [2.05, 4.69) is 27.0 Å². The lowest BCUT2D eigenvalue weighted by Crippen LogP contribution is -1.91. The molecule has 0 aromatic carbocycles. The van der Waals surface area contributed by atoms with E-state index in [9.17, 15) is 0 Å². The lowest BCUT2D eigenvalue weighted by Gasteiger charge is -2.02. The van der Waals surface area contributed by atoms with E-state index in [0.29, 0.717) is 6.42 Å². The van der Waals surface area contributed by atoms with Crippen molar-refractivity contribution in [1.29, 1.82) is 0 Å². The van der Waals surface area contributed by atoms with Gasteiger partial charge >= 0.3 is 0 Å². The maximum Gasteiger partial charge on any atom is 0.106 e. The van der Waals surface area contributed by atoms with Crippen LogP contribution in [0.2, 0.25) is 0 Å². The van der Waals surface area contributed by atoms with Crippen molar-refractivity contribution >= 4 is 6.21 Å². The summed E-state index contributed by atoms with van der Waals surface area (Å²) in [4.78, 5) is 16.5. The van der Waals surface area contributed by atoms with Crippen LogP contribution in [0, 0.1) is 6.92 Å². The molecule has 0 radical (unpaired) electrons. The van der Waals surface area contributed by atoms with Gasteiger partial charge in [0, 0.05) is 59.9 Å². The largest absolute Gasteiger partial charge is 0.399 e. The monoisotopic (exact) mass is 306 g/mol. The summed E-state index contributed by atoms with van der Waals surface area (Å²) in [6, 6.07) is 8.00. The van der Waals surface area contributed by atoms with Gasteiger partial charge in [-0.05, 0) is 42.3 Å². The molecule has 0 aliphatic carbocycles. The molecule has 0 aliphatic heterocycles. The summed E-state index contributed by atoms with van der Waals surface area (Å²) >= 11 is 0. The second-order valence-corrected chi connectivity index (χ2v) is 5.13. The van der Waals surface area contributed by atoms with E-state index in [1.807, 2.05) is 24.3 Å². The number of H-pyrrole nitrogens is 1. The number of aromatic nitrogens is 3. The Labute approximate surface area is 135 Å². The number of oxime groups is 1. The highest BCUT2D eigenvalue weighted by atomic mass is 16.6. The summed E-state index contributed by atoms with van der Waals surface area (Å²) < 4.78 is 0. The minimum atomic E-state index is 0.693. The average Bonchev–Trinajstić information content (AvgIpc) is 2.94. The van der Waals surface area contributed by atoms with Gasteiger partial charge in [0.2, 0.25) is 0 Å². The van der Waals surface area contributed by atoms with Gasteiger partial charge in [0.15, 0.2) is 0 Å². The predicted molar refractivity (Wildman–Crippen MR) is 91.2 cm³/mol. The van der Waals surface area contributed by atoms with Crippen molar-refractivity contribution in [2.75, 3.05) is 7.11 Å². The van der Waals surface area contributed by atoms with Gasteiger partial charge < -0.3 is 9.82 Å².